The van der Waals surface area contributed by atoms with Gasteiger partial charge in [0.15, 0.2) is 5.76 Å². The van der Waals surface area contributed by atoms with Gasteiger partial charge in [-0.15, -0.1) is 0 Å². The van der Waals surface area contributed by atoms with Crippen molar-refractivity contribution in [3.63, 3.8) is 0 Å². The van der Waals surface area contributed by atoms with E-state index in [2.05, 4.69) is 10.6 Å². The van der Waals surface area contributed by atoms with Crippen LogP contribution in [0.2, 0.25) is 0 Å². The minimum Gasteiger partial charge on any atom is -0.495 e. The molecule has 2 atom stereocenters. The predicted octanol–water partition coefficient (Wildman–Crippen LogP) is 3.09. The van der Waals surface area contributed by atoms with E-state index < -0.39 is 17.9 Å². The smallest absolute Gasteiger partial charge is 0.287 e. The number of methoxy groups -OCH3 is 1. The van der Waals surface area contributed by atoms with Gasteiger partial charge in [-0.25, -0.2) is 0 Å². The number of benzene rings is 2. The SMILES string of the molecule is COc1ccccc1N(C(=O)CNC(=O)c1ccco1)[C@@H](C(=O)NC[C@@H]1CCCO1)c1ccccc1. The van der Waals surface area contributed by atoms with Gasteiger partial charge < -0.3 is 24.5 Å². The lowest BCUT2D eigenvalue weighted by Crippen LogP contribution is -2.48. The summed E-state index contributed by atoms with van der Waals surface area (Å²) in [5.41, 5.74) is 1.01. The van der Waals surface area contributed by atoms with Crippen molar-refractivity contribution in [2.75, 3.05) is 31.7 Å². The molecule has 0 spiro atoms. The Labute approximate surface area is 209 Å². The molecule has 9 heteroatoms. The van der Waals surface area contributed by atoms with Crippen LogP contribution in [0.1, 0.15) is 35.0 Å². The average Bonchev–Trinajstić information content (AvgIpc) is 3.64. The van der Waals surface area contributed by atoms with Gasteiger partial charge in [0.25, 0.3) is 5.91 Å². The summed E-state index contributed by atoms with van der Waals surface area (Å²) in [5, 5.41) is 5.53. The van der Waals surface area contributed by atoms with Crippen molar-refractivity contribution < 1.29 is 28.3 Å². The van der Waals surface area contributed by atoms with Crippen molar-refractivity contribution in [3.8, 4) is 5.75 Å². The van der Waals surface area contributed by atoms with E-state index in [-0.39, 0.29) is 24.3 Å². The Kier molecular flexibility index (Phi) is 8.36. The molecule has 1 aliphatic rings. The lowest BCUT2D eigenvalue weighted by Gasteiger charge is -2.32. The molecule has 9 nitrogen and oxygen atoms in total. The number of hydrogen-bond donors (Lipinski definition) is 2. The third kappa shape index (κ3) is 5.92. The second-order valence-electron chi connectivity index (χ2n) is 8.29. The van der Waals surface area contributed by atoms with E-state index in [1.807, 2.05) is 6.07 Å². The molecular weight excluding hydrogens is 462 g/mol. The Balaban J connectivity index is 1.66. The Hall–Kier alpha value is -4.11. The van der Waals surface area contributed by atoms with Gasteiger partial charge in [-0.2, -0.15) is 0 Å². The summed E-state index contributed by atoms with van der Waals surface area (Å²) in [6.07, 6.45) is 3.13. The van der Waals surface area contributed by atoms with Crippen LogP contribution in [0.5, 0.6) is 5.75 Å². The lowest BCUT2D eigenvalue weighted by atomic mass is 10.0. The number of para-hydroxylation sites is 2. The average molecular weight is 492 g/mol. The summed E-state index contributed by atoms with van der Waals surface area (Å²) >= 11 is 0. The number of carbonyl (C=O) groups is 3. The van der Waals surface area contributed by atoms with E-state index >= 15 is 0 Å². The molecule has 0 bridgehead atoms. The molecule has 4 rings (SSSR count). The van der Waals surface area contributed by atoms with Crippen molar-refractivity contribution in [2.45, 2.75) is 25.0 Å². The zero-order valence-electron chi connectivity index (χ0n) is 20.0. The molecule has 1 saturated heterocycles. The fraction of sp³-hybridized carbons (Fsp3) is 0.296. The Morgan fingerprint density at radius 1 is 1.03 bits per heavy atom. The van der Waals surface area contributed by atoms with Gasteiger partial charge in [0.05, 0.1) is 31.7 Å². The molecule has 0 saturated carbocycles. The number of amides is 3. The minimum atomic E-state index is -1.02. The molecule has 3 amide bonds. The largest absolute Gasteiger partial charge is 0.495 e. The quantitative estimate of drug-likeness (QED) is 0.451. The summed E-state index contributed by atoms with van der Waals surface area (Å²) < 4.78 is 16.3. The maximum absolute atomic E-state index is 13.7. The molecule has 0 unspecified atom stereocenters. The standard InChI is InChI=1S/C27H29N3O6/c1-34-22-13-6-5-12-21(22)30(24(31)18-29-26(32)23-14-8-16-36-23)25(19-9-3-2-4-10-19)27(33)28-17-20-11-7-15-35-20/h2-6,8-10,12-14,16,20,25H,7,11,15,17-18H2,1H3,(H,28,33)(H,29,32)/t20-,25+/m0/s1. The summed E-state index contributed by atoms with van der Waals surface area (Å²) in [6.45, 7) is 0.648. The van der Waals surface area contributed by atoms with Crippen LogP contribution < -0.4 is 20.3 Å². The topological polar surface area (TPSA) is 110 Å². The first-order valence-electron chi connectivity index (χ1n) is 11.8. The highest BCUT2D eigenvalue weighted by Crippen LogP contribution is 2.35. The Bertz CT molecular complexity index is 1160. The monoisotopic (exact) mass is 491 g/mol. The van der Waals surface area contributed by atoms with Gasteiger partial charge in [0.1, 0.15) is 11.8 Å². The third-order valence-corrected chi connectivity index (χ3v) is 5.91. The summed E-state index contributed by atoms with van der Waals surface area (Å²) in [5.74, 6) is -0.905. The highest BCUT2D eigenvalue weighted by Gasteiger charge is 2.35. The van der Waals surface area contributed by atoms with Crippen molar-refractivity contribution in [2.24, 2.45) is 0 Å². The maximum Gasteiger partial charge on any atom is 0.287 e. The van der Waals surface area contributed by atoms with Gasteiger partial charge in [0, 0.05) is 13.2 Å². The van der Waals surface area contributed by atoms with E-state index in [4.69, 9.17) is 13.9 Å². The normalized spacial score (nSPS) is 15.6. The van der Waals surface area contributed by atoms with Crippen molar-refractivity contribution in [3.05, 3.63) is 84.3 Å². The van der Waals surface area contributed by atoms with Crippen LogP contribution in [0.3, 0.4) is 0 Å². The highest BCUT2D eigenvalue weighted by atomic mass is 16.5. The first-order chi connectivity index (χ1) is 17.6. The van der Waals surface area contributed by atoms with Crippen LogP contribution >= 0.6 is 0 Å². The first kappa shape index (κ1) is 25.0. The molecule has 1 aliphatic heterocycles. The maximum atomic E-state index is 13.7. The van der Waals surface area contributed by atoms with Gasteiger partial charge in [-0.3, -0.25) is 19.3 Å². The zero-order valence-corrected chi connectivity index (χ0v) is 20.0. The van der Waals surface area contributed by atoms with Gasteiger partial charge >= 0.3 is 0 Å². The van der Waals surface area contributed by atoms with E-state index in [1.165, 1.54) is 24.3 Å². The minimum absolute atomic E-state index is 0.0617. The van der Waals surface area contributed by atoms with Crippen LogP contribution in [0.25, 0.3) is 0 Å². The first-order valence-corrected chi connectivity index (χ1v) is 11.8. The van der Waals surface area contributed by atoms with Gasteiger partial charge in [-0.05, 0) is 42.7 Å². The summed E-state index contributed by atoms with van der Waals surface area (Å²) in [6, 6.07) is 18.0. The Morgan fingerprint density at radius 2 is 1.81 bits per heavy atom. The number of anilines is 1. The number of nitrogens with one attached hydrogen (secondary N) is 2. The van der Waals surface area contributed by atoms with Crippen LogP contribution in [-0.4, -0.2) is 50.6 Å². The van der Waals surface area contributed by atoms with Crippen molar-refractivity contribution in [1.82, 2.24) is 10.6 Å². The fourth-order valence-electron chi connectivity index (χ4n) is 4.15. The molecule has 0 aliphatic carbocycles. The number of carbonyl (C=O) groups excluding carboxylic acids is 3. The number of furan rings is 1. The van der Waals surface area contributed by atoms with Crippen LogP contribution in [0, 0.1) is 0 Å². The molecule has 2 N–H and O–H groups in total. The Morgan fingerprint density at radius 3 is 2.50 bits per heavy atom. The second kappa shape index (κ2) is 12.0. The third-order valence-electron chi connectivity index (χ3n) is 5.91. The molecule has 2 aromatic carbocycles. The molecule has 1 fully saturated rings. The predicted molar refractivity (Wildman–Crippen MR) is 133 cm³/mol. The number of ether oxygens (including phenoxy) is 2. The fourth-order valence-corrected chi connectivity index (χ4v) is 4.15. The number of rotatable bonds is 10. The number of hydrogen-bond acceptors (Lipinski definition) is 6. The molecule has 36 heavy (non-hydrogen) atoms. The van der Waals surface area contributed by atoms with Crippen LogP contribution in [-0.2, 0) is 14.3 Å². The molecular formula is C27H29N3O6. The zero-order chi connectivity index (χ0) is 25.3. The summed E-state index contributed by atoms with van der Waals surface area (Å²) in [4.78, 5) is 41.1. The van der Waals surface area contributed by atoms with Gasteiger partial charge in [0.2, 0.25) is 11.8 Å². The van der Waals surface area contributed by atoms with E-state index in [9.17, 15) is 14.4 Å². The van der Waals surface area contributed by atoms with Crippen molar-refractivity contribution >= 4 is 23.4 Å². The highest BCUT2D eigenvalue weighted by molar-refractivity contribution is 6.05. The molecule has 2 heterocycles. The molecule has 188 valence electrons. The van der Waals surface area contributed by atoms with Crippen LogP contribution in [0.4, 0.5) is 5.69 Å². The van der Waals surface area contributed by atoms with E-state index in [0.717, 1.165) is 12.8 Å². The molecule has 3 aromatic rings. The second-order valence-corrected chi connectivity index (χ2v) is 8.29. The van der Waals surface area contributed by atoms with E-state index in [0.29, 0.717) is 30.2 Å². The number of nitrogens with zero attached hydrogens (tertiary/aromatic N) is 1. The van der Waals surface area contributed by atoms with Crippen LogP contribution in [0.15, 0.2) is 77.4 Å². The van der Waals surface area contributed by atoms with Crippen molar-refractivity contribution in [1.29, 1.82) is 0 Å². The molecule has 1 aromatic heterocycles. The lowest BCUT2D eigenvalue weighted by molar-refractivity contribution is -0.126. The van der Waals surface area contributed by atoms with E-state index in [1.54, 1.807) is 54.6 Å². The van der Waals surface area contributed by atoms with Gasteiger partial charge in [-0.1, -0.05) is 42.5 Å². The summed E-state index contributed by atoms with van der Waals surface area (Å²) in [7, 11) is 1.50. The molecule has 0 radical (unpaired) electrons.